The van der Waals surface area contributed by atoms with Crippen molar-refractivity contribution < 1.29 is 4.74 Å². The highest BCUT2D eigenvalue weighted by Gasteiger charge is 2.51. The van der Waals surface area contributed by atoms with Gasteiger partial charge in [0, 0.05) is 17.7 Å². The van der Waals surface area contributed by atoms with Crippen LogP contribution in [-0.4, -0.2) is 20.8 Å². The smallest absolute Gasteiger partial charge is 0.0722 e. The predicted molar refractivity (Wildman–Crippen MR) is 417 cm³/mol. The Morgan fingerprint density at radius 1 is 0.302 bits per heavy atom. The van der Waals surface area contributed by atoms with E-state index in [1.807, 2.05) is 0 Å². The average molecular weight is 1280 g/mol. The van der Waals surface area contributed by atoms with Crippen molar-refractivity contribution >= 4 is 26.3 Å². The van der Waals surface area contributed by atoms with E-state index in [1.165, 1.54) is 184 Å². The van der Waals surface area contributed by atoms with E-state index in [1.54, 1.807) is 77.9 Å². The van der Waals surface area contributed by atoms with E-state index in [-0.39, 0.29) is 0 Å². The van der Waals surface area contributed by atoms with E-state index in [0.29, 0.717) is 17.2 Å². The summed E-state index contributed by atoms with van der Waals surface area (Å²) < 4.78 is 5.15. The van der Waals surface area contributed by atoms with Crippen molar-refractivity contribution in [3.05, 3.63) is 259 Å². The molecule has 3 atom stereocenters. The molecule has 1 saturated heterocycles. The molecule has 3 unspecified atom stereocenters. The fourth-order valence-corrected chi connectivity index (χ4v) is 25.1. The summed E-state index contributed by atoms with van der Waals surface area (Å²) in [5.41, 5.74) is 58.5. The van der Waals surface area contributed by atoms with Gasteiger partial charge in [-0.25, -0.2) is 0 Å². The summed E-state index contributed by atoms with van der Waals surface area (Å²) in [6.07, 6.45) is 22.8. The molecule has 0 amide bonds. The molecule has 0 saturated carbocycles. The Morgan fingerprint density at radius 3 is 0.854 bits per heavy atom. The molecule has 9 aromatic carbocycles. The van der Waals surface area contributed by atoms with Crippen LogP contribution in [0.4, 0.5) is 0 Å². The summed E-state index contributed by atoms with van der Waals surface area (Å²) >= 11 is 0. The number of aryl methyl sites for hydroxylation is 12. The molecule has 16 rings (SSSR count). The Labute approximate surface area is 578 Å². The molecular formula is C94H104OSi. The molecule has 0 aromatic heterocycles. The van der Waals surface area contributed by atoms with Crippen LogP contribution in [0.25, 0.3) is 85.0 Å². The zero-order chi connectivity index (χ0) is 67.5. The second kappa shape index (κ2) is 25.7. The number of allylic oxidation sites excluding steroid dienone is 3. The van der Waals surface area contributed by atoms with Gasteiger partial charge in [-0.15, -0.1) is 0 Å². The number of benzene rings is 9. The van der Waals surface area contributed by atoms with Gasteiger partial charge in [-0.3, -0.25) is 0 Å². The van der Waals surface area contributed by atoms with Crippen molar-refractivity contribution in [3.8, 4) is 66.8 Å². The largest absolute Gasteiger partial charge is 0.379 e. The fourth-order valence-electron chi connectivity index (χ4n) is 20.1. The first-order valence-electron chi connectivity index (χ1n) is 36.7. The van der Waals surface area contributed by atoms with Gasteiger partial charge in [-0.2, -0.15) is 0 Å². The molecule has 0 bridgehead atoms. The van der Waals surface area contributed by atoms with Crippen LogP contribution in [0.5, 0.6) is 0 Å². The Hall–Kier alpha value is -7.62. The third-order valence-electron chi connectivity index (χ3n) is 22.8. The van der Waals surface area contributed by atoms with Gasteiger partial charge in [0.2, 0.25) is 0 Å². The minimum Gasteiger partial charge on any atom is -0.379 e. The molecule has 6 aliphatic carbocycles. The summed E-state index contributed by atoms with van der Waals surface area (Å²) in [6, 6.07) is 43.5. The molecule has 1 nitrogen and oxygen atoms in total. The highest BCUT2D eigenvalue weighted by molar-refractivity contribution is 6.82. The summed E-state index contributed by atoms with van der Waals surface area (Å²) in [7, 11) is -2.34. The zero-order valence-corrected chi connectivity index (χ0v) is 62.5. The molecule has 9 aromatic rings. The molecule has 1 fully saturated rings. The van der Waals surface area contributed by atoms with Crippen LogP contribution in [0, 0.1) is 83.1 Å². The number of fused-ring (bicyclic) bond motifs is 6. The van der Waals surface area contributed by atoms with Gasteiger partial charge in [-0.05, 0) is 321 Å². The third-order valence-corrected chi connectivity index (χ3v) is 27.3. The van der Waals surface area contributed by atoms with Crippen molar-refractivity contribution in [1.29, 1.82) is 0 Å². The lowest BCUT2D eigenvalue weighted by atomic mass is 9.82. The summed E-state index contributed by atoms with van der Waals surface area (Å²) in [5.74, 6) is 0. The maximum absolute atomic E-state index is 5.15. The number of hydrogen-bond acceptors (Lipinski definition) is 1. The monoisotopic (exact) mass is 1280 g/mol. The van der Waals surface area contributed by atoms with Gasteiger partial charge in [0.05, 0.1) is 14.2 Å². The Bertz CT molecular complexity index is 4480. The topological polar surface area (TPSA) is 9.23 Å². The van der Waals surface area contributed by atoms with Crippen LogP contribution in [0.1, 0.15) is 204 Å². The molecule has 0 spiro atoms. The van der Waals surface area contributed by atoms with Crippen LogP contribution >= 0.6 is 0 Å². The lowest BCUT2D eigenvalue weighted by Gasteiger charge is -2.41. The third kappa shape index (κ3) is 12.0. The van der Waals surface area contributed by atoms with E-state index in [4.69, 9.17) is 4.74 Å². The van der Waals surface area contributed by atoms with Gasteiger partial charge in [0.1, 0.15) is 0 Å². The minimum absolute atomic E-state index is 0.373. The van der Waals surface area contributed by atoms with E-state index in [0.717, 1.165) is 38.7 Å². The molecular weight excluding hydrogens is 1170 g/mol. The van der Waals surface area contributed by atoms with Gasteiger partial charge in [-0.1, -0.05) is 224 Å². The second-order valence-electron chi connectivity index (χ2n) is 31.9. The number of hydrogen-bond donors (Lipinski definition) is 0. The molecule has 96 heavy (non-hydrogen) atoms. The molecule has 1 aliphatic heterocycles. The van der Waals surface area contributed by atoms with E-state index in [9.17, 15) is 0 Å². The standard InChI is InChI=1S/C60H64Si.C29H30.C5H10O/c1-33-19-34(2)24-43(23-33)53-47-15-13-17-49(47)55(45-27-37(5)21-38(6)28-45)57-51(53)31-41(9)59(57)61(11,12)60-42(10)32-52-54(44-25-35(3)20-36(4)26-44)48-16-14-18-50(48)56(58(52)60)46-29-39(7)22-40(8)30-46;1-17-9-18(2)12-22(11-17)28-24-7-6-8-25(24)29(27-16-21(5)15-26(27)28)23-13-19(3)10-20(4)14-23;1-5-3-2-4-6-5/h19-32,59-60H,13-18H2,1-12H3;9-15H,6-8,16H2,1-5H3;5H,2-4H2,1H3. The van der Waals surface area contributed by atoms with Crippen LogP contribution < -0.4 is 0 Å². The highest BCUT2D eigenvalue weighted by Crippen LogP contribution is 2.61. The average Bonchev–Trinajstić information content (AvgIpc) is 1.51. The van der Waals surface area contributed by atoms with Crippen molar-refractivity contribution in [2.24, 2.45) is 0 Å². The Balaban J connectivity index is 0.000000186. The van der Waals surface area contributed by atoms with Crippen molar-refractivity contribution in [2.45, 2.75) is 218 Å². The van der Waals surface area contributed by atoms with Gasteiger partial charge in [0.25, 0.3) is 0 Å². The minimum atomic E-state index is -2.34. The van der Waals surface area contributed by atoms with E-state index >= 15 is 0 Å². The molecule has 7 aliphatic rings. The lowest BCUT2D eigenvalue weighted by Crippen LogP contribution is -2.43. The molecule has 0 radical (unpaired) electrons. The summed E-state index contributed by atoms with van der Waals surface area (Å²) in [6.45, 7) is 43.2. The SMILES string of the molecule is CC1=Cc2c(-c3cc(C)cc(C)c3)c3c(c(-c4cc(C)cc(C)c4)c2C1[Si](C)(C)C1C(C)=Cc2c(-c4cc(C)cc(C)c4)c4c(c(-c5cc(C)cc(C)c5)c21)CCC4)CCC3.CC1=Cc2c(c(-c3cc(C)cc(C)c3)c3c(c2-c2cc(C)cc(C)c2)CCC3)C1.CC1CCCO1. The highest BCUT2D eigenvalue weighted by atomic mass is 28.3. The number of rotatable bonds is 8. The first-order valence-corrected chi connectivity index (χ1v) is 39.8. The second-order valence-corrected chi connectivity index (χ2v) is 36.7. The van der Waals surface area contributed by atoms with Crippen LogP contribution in [0.3, 0.4) is 0 Å². The van der Waals surface area contributed by atoms with Crippen molar-refractivity contribution in [3.63, 3.8) is 0 Å². The van der Waals surface area contributed by atoms with Gasteiger partial charge >= 0.3 is 0 Å². The van der Waals surface area contributed by atoms with Crippen LogP contribution in [0.2, 0.25) is 13.1 Å². The molecule has 490 valence electrons. The van der Waals surface area contributed by atoms with Crippen LogP contribution in [-0.2, 0) is 49.7 Å². The van der Waals surface area contributed by atoms with Gasteiger partial charge < -0.3 is 4.74 Å². The van der Waals surface area contributed by atoms with Crippen molar-refractivity contribution in [1.82, 2.24) is 0 Å². The Kier molecular flexibility index (Phi) is 17.6. The maximum Gasteiger partial charge on any atom is 0.0722 e. The predicted octanol–water partition coefficient (Wildman–Crippen LogP) is 25.2. The summed E-state index contributed by atoms with van der Waals surface area (Å²) in [4.78, 5) is 0. The maximum atomic E-state index is 5.15. The van der Waals surface area contributed by atoms with E-state index in [2.05, 4.69) is 251 Å². The molecule has 2 heteroatoms. The normalized spacial score (nSPS) is 17.8. The first kappa shape index (κ1) is 65.7. The summed E-state index contributed by atoms with van der Waals surface area (Å²) in [5, 5.41) is 0. The van der Waals surface area contributed by atoms with Crippen molar-refractivity contribution in [2.75, 3.05) is 6.61 Å². The number of ether oxygens (including phenoxy) is 1. The lowest BCUT2D eigenvalue weighted by molar-refractivity contribution is 0.125. The quantitative estimate of drug-likeness (QED) is 0.138. The fraction of sp³-hybridized carbons (Fsp3) is 0.362. The first-order chi connectivity index (χ1) is 45.9. The Morgan fingerprint density at radius 2 is 0.573 bits per heavy atom. The van der Waals surface area contributed by atoms with Gasteiger partial charge in [0.15, 0.2) is 0 Å². The molecule has 0 N–H and O–H groups in total. The molecule has 1 heterocycles. The van der Waals surface area contributed by atoms with E-state index < -0.39 is 8.07 Å². The van der Waals surface area contributed by atoms with Crippen LogP contribution in [0.15, 0.2) is 126 Å². The zero-order valence-electron chi connectivity index (χ0n) is 61.5.